The highest BCUT2D eigenvalue weighted by Gasteiger charge is 2.13. The molecule has 3 rings (SSSR count). The van der Waals surface area contributed by atoms with E-state index in [9.17, 15) is 9.59 Å². The Kier molecular flexibility index (Phi) is 6.48. The molecule has 0 bridgehead atoms. The van der Waals surface area contributed by atoms with Gasteiger partial charge in [0.2, 0.25) is 6.54 Å². The number of pyridine rings is 1. The number of rotatable bonds is 6. The zero-order valence-electron chi connectivity index (χ0n) is 13.4. The summed E-state index contributed by atoms with van der Waals surface area (Å²) in [6.07, 6.45) is 5.02. The van der Waals surface area contributed by atoms with Crippen LogP contribution in [0, 0.1) is 0 Å². The molecule has 1 aromatic carbocycles. The number of benzene rings is 1. The number of hydrogen-bond acceptors (Lipinski definition) is 3. The zero-order valence-corrected chi connectivity index (χ0v) is 14.1. The van der Waals surface area contributed by atoms with Gasteiger partial charge in [-0.1, -0.05) is 30.3 Å². The maximum absolute atomic E-state index is 12.3. The van der Waals surface area contributed by atoms with Crippen LogP contribution in [-0.4, -0.2) is 11.7 Å². The van der Waals surface area contributed by atoms with E-state index in [4.69, 9.17) is 4.42 Å². The van der Waals surface area contributed by atoms with Crippen molar-refractivity contribution in [1.82, 2.24) is 5.32 Å². The third-order valence-corrected chi connectivity index (χ3v) is 3.56. The van der Waals surface area contributed by atoms with Gasteiger partial charge >= 0.3 is 0 Å². The summed E-state index contributed by atoms with van der Waals surface area (Å²) < 4.78 is 6.88. The van der Waals surface area contributed by atoms with Crippen molar-refractivity contribution in [3.63, 3.8) is 0 Å². The topological polar surface area (TPSA) is 63.2 Å². The average molecular weight is 357 g/mol. The van der Waals surface area contributed by atoms with Crippen molar-refractivity contribution in [3.8, 4) is 0 Å². The van der Waals surface area contributed by atoms with Gasteiger partial charge in [-0.25, -0.2) is 0 Å². The van der Waals surface area contributed by atoms with Crippen molar-refractivity contribution < 1.29 is 31.0 Å². The number of carbonyl (C=O) groups excluding carboxylic acids is 2. The quantitative estimate of drug-likeness (QED) is 0.461. The summed E-state index contributed by atoms with van der Waals surface area (Å²) in [5.74, 6) is 0.542. The number of amides is 1. The van der Waals surface area contributed by atoms with Crippen LogP contribution in [0.1, 0.15) is 21.7 Å². The smallest absolute Gasteiger partial charge is 0.286 e. The molecule has 0 spiro atoms. The molecule has 25 heavy (non-hydrogen) atoms. The number of aromatic nitrogens is 1. The molecule has 6 heteroatoms. The summed E-state index contributed by atoms with van der Waals surface area (Å²) in [5.41, 5.74) is 1.24. The van der Waals surface area contributed by atoms with Crippen LogP contribution in [0.4, 0.5) is 0 Å². The Labute approximate surface area is 151 Å². The first-order valence-corrected chi connectivity index (χ1v) is 7.60. The van der Waals surface area contributed by atoms with Crippen LogP contribution in [0.2, 0.25) is 0 Å². The lowest BCUT2D eigenvalue weighted by molar-refractivity contribution is -0.684. The predicted molar refractivity (Wildman–Crippen MR) is 87.1 cm³/mol. The number of furan rings is 1. The molecule has 0 radical (unpaired) electrons. The van der Waals surface area contributed by atoms with Crippen LogP contribution in [-0.2, 0) is 17.9 Å². The minimum absolute atomic E-state index is 0. The number of halogens is 1. The standard InChI is InChI=1S/C19H16N2O3.ClH/c22-18(20-13-17-7-4-12-24-17)14-21-10-8-16(9-11-21)19(23)15-5-2-1-3-6-15;/h1-12H,13-14H2;1H. The Balaban J connectivity index is 0.00000225. The highest BCUT2D eigenvalue weighted by atomic mass is 35.5. The molecule has 0 saturated heterocycles. The van der Waals surface area contributed by atoms with Crippen LogP contribution in [0.5, 0.6) is 0 Å². The maximum atomic E-state index is 12.3. The monoisotopic (exact) mass is 356 g/mol. The molecule has 0 unspecified atom stereocenters. The molecule has 0 aliphatic heterocycles. The Hall–Kier alpha value is -2.92. The van der Waals surface area contributed by atoms with Gasteiger partial charge in [-0.05, 0) is 12.1 Å². The SMILES string of the molecule is O=C(C[n+]1ccc(C(=O)c2ccccc2)cc1)NCc1ccco1.[Cl-]. The summed E-state index contributed by atoms with van der Waals surface area (Å²) in [7, 11) is 0. The normalized spacial score (nSPS) is 9.92. The predicted octanol–water partition coefficient (Wildman–Crippen LogP) is -0.881. The Bertz CT molecular complexity index is 816. The zero-order chi connectivity index (χ0) is 16.8. The first kappa shape index (κ1) is 18.4. The highest BCUT2D eigenvalue weighted by molar-refractivity contribution is 6.08. The minimum Gasteiger partial charge on any atom is -1.00 e. The van der Waals surface area contributed by atoms with Gasteiger partial charge in [0.25, 0.3) is 5.91 Å². The second-order valence-electron chi connectivity index (χ2n) is 5.31. The van der Waals surface area contributed by atoms with Crippen LogP contribution in [0.15, 0.2) is 77.7 Å². The average Bonchev–Trinajstić information content (AvgIpc) is 3.14. The molecule has 2 aromatic heterocycles. The Morgan fingerprint density at radius 1 is 0.920 bits per heavy atom. The summed E-state index contributed by atoms with van der Waals surface area (Å²) >= 11 is 0. The van der Waals surface area contributed by atoms with Gasteiger partial charge in [0.15, 0.2) is 18.2 Å². The molecule has 5 nitrogen and oxygen atoms in total. The minimum atomic E-state index is -0.126. The maximum Gasteiger partial charge on any atom is 0.286 e. The number of nitrogens with zero attached hydrogens (tertiary/aromatic N) is 1. The van der Waals surface area contributed by atoms with Crippen molar-refractivity contribution in [2.24, 2.45) is 0 Å². The van der Waals surface area contributed by atoms with Crippen molar-refractivity contribution in [1.29, 1.82) is 0 Å². The van der Waals surface area contributed by atoms with E-state index in [0.717, 1.165) is 0 Å². The fraction of sp³-hybridized carbons (Fsp3) is 0.105. The molecule has 1 amide bonds. The molecular weight excluding hydrogens is 340 g/mol. The van der Waals surface area contributed by atoms with Crippen LogP contribution in [0.25, 0.3) is 0 Å². The van der Waals surface area contributed by atoms with E-state index in [0.29, 0.717) is 23.4 Å². The summed E-state index contributed by atoms with van der Waals surface area (Å²) in [6, 6.07) is 16.1. The molecule has 1 N–H and O–H groups in total. The highest BCUT2D eigenvalue weighted by Crippen LogP contribution is 2.07. The van der Waals surface area contributed by atoms with E-state index >= 15 is 0 Å². The van der Waals surface area contributed by atoms with Gasteiger partial charge in [0.05, 0.1) is 12.8 Å². The van der Waals surface area contributed by atoms with Gasteiger partial charge in [0.1, 0.15) is 5.76 Å². The number of ketones is 1. The number of hydrogen-bond donors (Lipinski definition) is 1. The first-order chi connectivity index (χ1) is 11.7. The Morgan fingerprint density at radius 3 is 2.24 bits per heavy atom. The second kappa shape index (κ2) is 8.80. The van der Waals surface area contributed by atoms with E-state index < -0.39 is 0 Å². The number of nitrogens with one attached hydrogen (secondary N) is 1. The molecule has 0 atom stereocenters. The fourth-order valence-electron chi connectivity index (χ4n) is 2.29. The van der Waals surface area contributed by atoms with Crippen molar-refractivity contribution in [3.05, 3.63) is 90.1 Å². The van der Waals surface area contributed by atoms with Crippen molar-refractivity contribution in [2.45, 2.75) is 13.1 Å². The molecule has 0 saturated carbocycles. The first-order valence-electron chi connectivity index (χ1n) is 7.60. The third kappa shape index (κ3) is 5.02. The fourth-order valence-corrected chi connectivity index (χ4v) is 2.29. The summed E-state index contributed by atoms with van der Waals surface area (Å²) in [5, 5.41) is 2.78. The second-order valence-corrected chi connectivity index (χ2v) is 5.31. The van der Waals surface area contributed by atoms with Gasteiger partial charge in [-0.15, -0.1) is 0 Å². The van der Waals surface area contributed by atoms with Crippen molar-refractivity contribution >= 4 is 11.7 Å². The van der Waals surface area contributed by atoms with E-state index in [1.165, 1.54) is 0 Å². The molecule has 2 heterocycles. The van der Waals surface area contributed by atoms with E-state index in [2.05, 4.69) is 5.32 Å². The van der Waals surface area contributed by atoms with Crippen LogP contribution >= 0.6 is 0 Å². The van der Waals surface area contributed by atoms with Gasteiger partial charge < -0.3 is 22.1 Å². The molecule has 0 fully saturated rings. The Morgan fingerprint density at radius 2 is 1.60 bits per heavy atom. The molecule has 3 aromatic rings. The van der Waals surface area contributed by atoms with Gasteiger partial charge in [-0.2, -0.15) is 4.57 Å². The van der Waals surface area contributed by atoms with Crippen molar-refractivity contribution in [2.75, 3.05) is 0 Å². The molecule has 0 aliphatic carbocycles. The van der Waals surface area contributed by atoms with E-state index in [-0.39, 0.29) is 30.6 Å². The number of carbonyl (C=O) groups is 2. The largest absolute Gasteiger partial charge is 1.00 e. The third-order valence-electron chi connectivity index (χ3n) is 3.56. The lowest BCUT2D eigenvalue weighted by atomic mass is 10.0. The lowest BCUT2D eigenvalue weighted by Crippen LogP contribution is -3.00. The van der Waals surface area contributed by atoms with E-state index in [1.54, 1.807) is 59.6 Å². The van der Waals surface area contributed by atoms with E-state index in [1.807, 2.05) is 18.2 Å². The summed E-state index contributed by atoms with van der Waals surface area (Å²) in [4.78, 5) is 24.2. The van der Waals surface area contributed by atoms with Gasteiger partial charge in [0, 0.05) is 23.3 Å². The van der Waals surface area contributed by atoms with Crippen LogP contribution in [0.3, 0.4) is 0 Å². The lowest BCUT2D eigenvalue weighted by Gasteiger charge is -2.02. The van der Waals surface area contributed by atoms with Crippen LogP contribution < -0.4 is 22.3 Å². The molecule has 0 aliphatic rings. The molecule has 128 valence electrons. The summed E-state index contributed by atoms with van der Waals surface area (Å²) in [6.45, 7) is 0.539. The van der Waals surface area contributed by atoms with Gasteiger partial charge in [-0.3, -0.25) is 9.59 Å². The molecular formula is C19H17ClN2O3.